The van der Waals surface area contributed by atoms with Crippen LogP contribution in [0.15, 0.2) is 97.1 Å². The summed E-state index contributed by atoms with van der Waals surface area (Å²) in [6.45, 7) is 12.3. The highest BCUT2D eigenvalue weighted by molar-refractivity contribution is 7.99. The van der Waals surface area contributed by atoms with Crippen molar-refractivity contribution in [2.24, 2.45) is 0 Å². The number of fused-ring (bicyclic) bond motifs is 3. The highest BCUT2D eigenvalue weighted by Crippen LogP contribution is 2.50. The van der Waals surface area contributed by atoms with Crippen LogP contribution in [0, 0.1) is 20.8 Å². The number of benzene rings is 5. The van der Waals surface area contributed by atoms with E-state index in [2.05, 4.69) is 78.4 Å². The fourth-order valence-electron chi connectivity index (χ4n) is 6.30. The summed E-state index contributed by atoms with van der Waals surface area (Å²) < 4.78 is 2.31. The van der Waals surface area contributed by atoms with Crippen LogP contribution in [0.2, 0.25) is 0 Å². The van der Waals surface area contributed by atoms with Crippen molar-refractivity contribution in [2.75, 3.05) is 28.3 Å². The lowest BCUT2D eigenvalue weighted by Gasteiger charge is -2.36. The highest BCUT2D eigenvalue weighted by Gasteiger charge is 2.30. The Labute approximate surface area is 306 Å². The van der Waals surface area contributed by atoms with Gasteiger partial charge in [0.25, 0.3) is 0 Å². The second-order valence-corrected chi connectivity index (χ2v) is 14.1. The molecule has 0 aliphatic carbocycles. The van der Waals surface area contributed by atoms with Crippen molar-refractivity contribution >= 4 is 41.3 Å². The van der Waals surface area contributed by atoms with E-state index in [1.165, 1.54) is 11.1 Å². The van der Waals surface area contributed by atoms with E-state index in [4.69, 9.17) is 10.2 Å². The van der Waals surface area contributed by atoms with Gasteiger partial charge in [-0.1, -0.05) is 96.4 Å². The Morgan fingerprint density at radius 1 is 0.804 bits per heavy atom. The van der Waals surface area contributed by atoms with Gasteiger partial charge in [0.15, 0.2) is 0 Å². The Hall–Kier alpha value is -4.89. The number of aliphatic hydroxyl groups excluding tert-OH is 1. The average Bonchev–Trinajstić information content (AvgIpc) is 3.11. The first-order valence-electron chi connectivity index (χ1n) is 16.9. The standard InChI is InChI=1S/C38H35N3O2S.C4H10O.CH4O/c1-24-14-16-28(17-15-24)35-26(3)36-33-22-30(19-18-29(33)23-41(44-4)37(36)25(2)31(35)20-21-42)39-38(43)40-34-13-9-8-12-32(34)27-10-6-5-7-11-27;1-4(2,3)5;1-2/h5-19,21-22H,20,23H2,1-4H3,(H2,39,40,43);5H,1-3H3;2H,1H3. The van der Waals surface area contributed by atoms with Gasteiger partial charge in [-0.2, -0.15) is 0 Å². The third kappa shape index (κ3) is 9.47. The molecule has 1 aliphatic heterocycles. The summed E-state index contributed by atoms with van der Waals surface area (Å²) in [6, 6.07) is 32.2. The van der Waals surface area contributed by atoms with E-state index < -0.39 is 5.60 Å². The van der Waals surface area contributed by atoms with Gasteiger partial charge in [0.05, 0.1) is 23.5 Å². The zero-order valence-corrected chi connectivity index (χ0v) is 31.6. The zero-order chi connectivity index (χ0) is 37.3. The molecule has 0 radical (unpaired) electrons. The molecule has 1 heterocycles. The Morgan fingerprint density at radius 2 is 1.43 bits per heavy atom. The van der Waals surface area contributed by atoms with Crippen molar-refractivity contribution in [2.45, 2.75) is 60.1 Å². The number of aldehydes is 1. The first-order valence-corrected chi connectivity index (χ1v) is 18.1. The number of amides is 2. The van der Waals surface area contributed by atoms with E-state index in [9.17, 15) is 9.59 Å². The van der Waals surface area contributed by atoms with Crippen molar-refractivity contribution in [3.8, 4) is 33.4 Å². The number of rotatable bonds is 7. The van der Waals surface area contributed by atoms with Crippen molar-refractivity contribution in [1.29, 1.82) is 0 Å². The van der Waals surface area contributed by atoms with E-state index >= 15 is 0 Å². The van der Waals surface area contributed by atoms with Crippen LogP contribution >= 0.6 is 11.9 Å². The largest absolute Gasteiger partial charge is 0.400 e. The van der Waals surface area contributed by atoms with Crippen molar-refractivity contribution in [3.05, 3.63) is 125 Å². The summed E-state index contributed by atoms with van der Waals surface area (Å²) in [5.41, 5.74) is 14.2. The molecule has 5 aromatic carbocycles. The number of aryl methyl sites for hydroxylation is 1. The van der Waals surface area contributed by atoms with Crippen LogP contribution in [0.3, 0.4) is 0 Å². The average molecular weight is 704 g/mol. The number of anilines is 3. The number of nitrogens with one attached hydrogen (secondary N) is 2. The number of carbonyl (C=O) groups excluding carboxylic acids is 2. The molecule has 0 spiro atoms. The predicted molar refractivity (Wildman–Crippen MR) is 216 cm³/mol. The van der Waals surface area contributed by atoms with Crippen LogP contribution in [0.25, 0.3) is 33.4 Å². The van der Waals surface area contributed by atoms with E-state index in [0.717, 1.165) is 81.4 Å². The highest BCUT2D eigenvalue weighted by atomic mass is 32.2. The van der Waals surface area contributed by atoms with Crippen LogP contribution in [0.1, 0.15) is 48.6 Å². The number of hydrogen-bond donors (Lipinski definition) is 4. The zero-order valence-electron chi connectivity index (χ0n) is 30.8. The van der Waals surface area contributed by atoms with Gasteiger partial charge in [0.1, 0.15) is 6.29 Å². The van der Waals surface area contributed by atoms with Gasteiger partial charge in [-0.05, 0) is 104 Å². The fourth-order valence-corrected chi connectivity index (χ4v) is 6.98. The van der Waals surface area contributed by atoms with Crippen LogP contribution in [-0.4, -0.2) is 41.5 Å². The number of urea groups is 1. The van der Waals surface area contributed by atoms with E-state index in [-0.39, 0.29) is 6.03 Å². The van der Waals surface area contributed by atoms with Gasteiger partial charge in [0.2, 0.25) is 0 Å². The van der Waals surface area contributed by atoms with Gasteiger partial charge < -0.3 is 29.9 Å². The molecule has 0 unspecified atom stereocenters. The van der Waals surface area contributed by atoms with Crippen molar-refractivity contribution in [3.63, 3.8) is 0 Å². The van der Waals surface area contributed by atoms with Crippen LogP contribution in [-0.2, 0) is 17.8 Å². The lowest BCUT2D eigenvalue weighted by atomic mass is 9.81. The maximum atomic E-state index is 13.3. The maximum Gasteiger partial charge on any atom is 0.323 e. The summed E-state index contributed by atoms with van der Waals surface area (Å²) >= 11 is 1.69. The molecule has 1 aliphatic rings. The van der Waals surface area contributed by atoms with Crippen molar-refractivity contribution < 1.29 is 19.8 Å². The first kappa shape index (κ1) is 38.9. The van der Waals surface area contributed by atoms with Gasteiger partial charge in [-0.3, -0.25) is 0 Å². The number of nitrogens with zero attached hydrogens (tertiary/aromatic N) is 1. The minimum absolute atomic E-state index is 0.301. The topological polar surface area (TPSA) is 102 Å². The molecule has 51 heavy (non-hydrogen) atoms. The molecule has 2 amide bonds. The molecular formula is C43H49N3O4S. The summed E-state index contributed by atoms with van der Waals surface area (Å²) in [6.07, 6.45) is 3.44. The normalized spacial score (nSPS) is 11.5. The van der Waals surface area contributed by atoms with Gasteiger partial charge in [0, 0.05) is 36.6 Å². The number of hydrogen-bond acceptors (Lipinski definition) is 6. The predicted octanol–water partition coefficient (Wildman–Crippen LogP) is 9.98. The Kier molecular flexibility index (Phi) is 13.2. The summed E-state index contributed by atoms with van der Waals surface area (Å²) in [5.74, 6) is 0. The molecule has 0 bridgehead atoms. The Balaban J connectivity index is 0.000000768. The quantitative estimate of drug-likeness (QED) is 0.0995. The third-order valence-corrected chi connectivity index (χ3v) is 9.16. The second kappa shape index (κ2) is 17.4. The molecule has 8 heteroatoms. The van der Waals surface area contributed by atoms with Crippen molar-refractivity contribution in [1.82, 2.24) is 0 Å². The Morgan fingerprint density at radius 3 is 2.06 bits per heavy atom. The van der Waals surface area contributed by atoms with Crippen LogP contribution in [0.5, 0.6) is 0 Å². The number of aliphatic hydroxyl groups is 2. The van der Waals surface area contributed by atoms with E-state index in [0.29, 0.717) is 12.1 Å². The molecule has 0 aromatic heterocycles. The minimum Gasteiger partial charge on any atom is -0.400 e. The number of carbonyl (C=O) groups is 2. The molecule has 0 fully saturated rings. The minimum atomic E-state index is -0.500. The molecule has 5 aromatic rings. The molecule has 0 saturated heterocycles. The van der Waals surface area contributed by atoms with Crippen LogP contribution in [0.4, 0.5) is 21.9 Å². The van der Waals surface area contributed by atoms with E-state index in [1.807, 2.05) is 60.7 Å². The first-order chi connectivity index (χ1) is 24.4. The molecule has 266 valence electrons. The third-order valence-electron chi connectivity index (χ3n) is 8.41. The molecule has 6 rings (SSSR count). The summed E-state index contributed by atoms with van der Waals surface area (Å²) in [4.78, 5) is 25.2. The van der Waals surface area contributed by atoms with Gasteiger partial charge >= 0.3 is 6.03 Å². The molecule has 0 atom stereocenters. The fraction of sp³-hybridized carbons (Fsp3) is 0.256. The lowest BCUT2D eigenvalue weighted by molar-refractivity contribution is -0.107. The summed E-state index contributed by atoms with van der Waals surface area (Å²) in [5, 5.41) is 21.7. The smallest absolute Gasteiger partial charge is 0.323 e. The lowest BCUT2D eigenvalue weighted by Crippen LogP contribution is -2.23. The number of para-hydroxylation sites is 1. The van der Waals surface area contributed by atoms with E-state index in [1.54, 1.807) is 32.7 Å². The molecular weight excluding hydrogens is 655 g/mol. The SMILES string of the molecule is CC(C)(C)O.CO.CSN1Cc2ccc(NC(=O)Nc3ccccc3-c3ccccc3)cc2-c2c(C)c(-c3ccc(C)cc3)c(CC=O)c(C)c21. The molecule has 0 saturated carbocycles. The van der Waals surface area contributed by atoms with Gasteiger partial charge in [-0.15, -0.1) is 0 Å². The van der Waals surface area contributed by atoms with Crippen LogP contribution < -0.4 is 14.9 Å². The second-order valence-electron chi connectivity index (χ2n) is 13.3. The Bertz CT molecular complexity index is 1960. The van der Waals surface area contributed by atoms with Gasteiger partial charge in [-0.25, -0.2) is 4.79 Å². The monoisotopic (exact) mass is 703 g/mol. The molecule has 4 N–H and O–H groups in total. The summed E-state index contributed by atoms with van der Waals surface area (Å²) in [7, 11) is 1.00. The molecule has 7 nitrogen and oxygen atoms in total. The maximum absolute atomic E-state index is 13.3.